The number of rotatable bonds is 7. The van der Waals surface area contributed by atoms with Crippen LogP contribution in [0.25, 0.3) is 0 Å². The van der Waals surface area contributed by atoms with E-state index in [9.17, 15) is 9.70 Å². The molecule has 0 fully saturated rings. The van der Waals surface area contributed by atoms with E-state index >= 15 is 0 Å². The first-order valence-corrected chi connectivity index (χ1v) is 4.98. The third-order valence-electron chi connectivity index (χ3n) is 2.20. The lowest BCUT2D eigenvalue weighted by molar-refractivity contribution is -0.126. The van der Waals surface area contributed by atoms with Crippen LogP contribution < -0.4 is 0 Å². The Morgan fingerprint density at radius 1 is 1.44 bits per heavy atom. The Hall–Kier alpha value is -1.07. The number of hydrogen-bond acceptors (Lipinski definition) is 5. The third kappa shape index (κ3) is 3.83. The first-order chi connectivity index (χ1) is 7.18. The van der Waals surface area contributed by atoms with Gasteiger partial charge in [0.15, 0.2) is 11.3 Å². The van der Waals surface area contributed by atoms with E-state index in [0.29, 0.717) is 0 Å². The van der Waals surface area contributed by atoms with Crippen LogP contribution in [0.2, 0.25) is 0 Å². The highest BCUT2D eigenvalue weighted by atomic mass is 16.5. The third-order valence-corrected chi connectivity index (χ3v) is 2.20. The van der Waals surface area contributed by atoms with Crippen molar-refractivity contribution >= 4 is 5.78 Å². The van der Waals surface area contributed by atoms with Gasteiger partial charge in [-0.1, -0.05) is 11.8 Å². The van der Waals surface area contributed by atoms with Crippen LogP contribution in [0.15, 0.2) is 17.3 Å². The Morgan fingerprint density at radius 2 is 1.94 bits per heavy atom. The van der Waals surface area contributed by atoms with Crippen molar-refractivity contribution in [2.24, 2.45) is 5.18 Å². The van der Waals surface area contributed by atoms with Gasteiger partial charge in [0.25, 0.3) is 0 Å². The van der Waals surface area contributed by atoms with Gasteiger partial charge in [-0.15, -0.1) is 4.91 Å². The molecule has 0 aliphatic carbocycles. The van der Waals surface area contributed by atoms with Gasteiger partial charge in [-0.25, -0.2) is 0 Å². The Kier molecular flexibility index (Phi) is 4.96. The second kappa shape index (κ2) is 5.32. The Bertz CT molecular complexity index is 298. The van der Waals surface area contributed by atoms with Crippen molar-refractivity contribution in [2.75, 3.05) is 13.2 Å². The Balaban J connectivity index is 4.69. The van der Waals surface area contributed by atoms with E-state index in [2.05, 4.69) is 11.8 Å². The number of hydrogen-bond donors (Lipinski definition) is 1. The Morgan fingerprint density at radius 3 is 2.25 bits per heavy atom. The number of carbonyl (C=O) groups excluding carboxylic acids is 1. The molecule has 16 heavy (non-hydrogen) atoms. The van der Waals surface area contributed by atoms with Crippen molar-refractivity contribution < 1.29 is 14.6 Å². The minimum atomic E-state index is -1.47. The highest BCUT2D eigenvalue weighted by Crippen LogP contribution is 2.19. The van der Waals surface area contributed by atoms with Gasteiger partial charge >= 0.3 is 0 Å². The van der Waals surface area contributed by atoms with E-state index < -0.39 is 16.9 Å². The van der Waals surface area contributed by atoms with E-state index in [4.69, 9.17) is 9.84 Å². The fourth-order valence-electron chi connectivity index (χ4n) is 0.975. The molecular formula is C11H19NO4. The molecule has 5 heteroatoms. The number of nitrogens with zero attached hydrogens (tertiary/aromatic N) is 1. The van der Waals surface area contributed by atoms with Crippen molar-refractivity contribution in [2.45, 2.75) is 38.8 Å². The molecule has 92 valence electrons. The van der Waals surface area contributed by atoms with Crippen molar-refractivity contribution in [3.8, 4) is 0 Å². The zero-order valence-corrected chi connectivity index (χ0v) is 10.2. The summed E-state index contributed by atoms with van der Waals surface area (Å²) in [6, 6.07) is 0. The van der Waals surface area contributed by atoms with Gasteiger partial charge < -0.3 is 9.84 Å². The fraction of sp³-hybridized carbons (Fsp3) is 0.727. The molecule has 1 unspecified atom stereocenters. The Labute approximate surface area is 95.5 Å². The molecule has 5 nitrogen and oxygen atoms in total. The minimum Gasteiger partial charge on any atom is -0.393 e. The number of carbonyl (C=O) groups is 1. The summed E-state index contributed by atoms with van der Waals surface area (Å²) in [5.74, 6) is -0.448. The van der Waals surface area contributed by atoms with Crippen LogP contribution in [0, 0.1) is 4.91 Å². The molecule has 0 aliphatic rings. The molecule has 0 radical (unpaired) electrons. The summed E-state index contributed by atoms with van der Waals surface area (Å²) in [4.78, 5) is 22.4. The average molecular weight is 229 g/mol. The minimum absolute atomic E-state index is 0.171. The quantitative estimate of drug-likeness (QED) is 0.529. The predicted octanol–water partition coefficient (Wildman–Crippen LogP) is 1.44. The van der Waals surface area contributed by atoms with Crippen LogP contribution in [-0.2, 0) is 9.53 Å². The van der Waals surface area contributed by atoms with Crippen molar-refractivity contribution in [1.82, 2.24) is 0 Å². The van der Waals surface area contributed by atoms with Gasteiger partial charge in [0.2, 0.25) is 0 Å². The van der Waals surface area contributed by atoms with Gasteiger partial charge in [0.05, 0.1) is 18.8 Å². The van der Waals surface area contributed by atoms with Gasteiger partial charge in [0, 0.05) is 0 Å². The molecule has 1 atom stereocenters. The van der Waals surface area contributed by atoms with Crippen molar-refractivity contribution in [1.29, 1.82) is 0 Å². The zero-order valence-electron chi connectivity index (χ0n) is 10.2. The second-order valence-electron chi connectivity index (χ2n) is 4.68. The molecule has 0 aromatic heterocycles. The second-order valence-corrected chi connectivity index (χ2v) is 4.68. The fourth-order valence-corrected chi connectivity index (χ4v) is 0.975. The number of aliphatic hydroxyl groups is 1. The maximum absolute atomic E-state index is 11.7. The van der Waals surface area contributed by atoms with Gasteiger partial charge in [0.1, 0.15) is 0 Å². The number of ketones is 1. The lowest BCUT2D eigenvalue weighted by atomic mass is 9.94. The average Bonchev–Trinajstić information content (AvgIpc) is 2.25. The zero-order chi connectivity index (χ0) is 13.0. The summed E-state index contributed by atoms with van der Waals surface area (Å²) in [5, 5.41) is 11.8. The molecule has 0 saturated carbocycles. The number of aliphatic hydroxyl groups excluding tert-OH is 1. The summed E-state index contributed by atoms with van der Waals surface area (Å²) in [5.41, 5.74) is -2.02. The van der Waals surface area contributed by atoms with Gasteiger partial charge in [-0.05, 0) is 33.3 Å². The van der Waals surface area contributed by atoms with Crippen LogP contribution in [0.4, 0.5) is 0 Å². The lowest BCUT2D eigenvalue weighted by Crippen LogP contribution is -2.42. The van der Waals surface area contributed by atoms with Crippen LogP contribution in [0.3, 0.4) is 0 Å². The molecule has 0 heterocycles. The number of nitroso groups, excluding NO2 is 1. The molecule has 0 aromatic carbocycles. The number of Topliss-reactive ketones (excluding diaryl/α,β-unsaturated/α-hetero) is 1. The topological polar surface area (TPSA) is 76.0 Å². The molecule has 1 N–H and O–H groups in total. The summed E-state index contributed by atoms with van der Waals surface area (Å²) in [6.07, 6.45) is 0. The van der Waals surface area contributed by atoms with E-state index in [1.54, 1.807) is 13.8 Å². The first kappa shape index (κ1) is 14.9. The summed E-state index contributed by atoms with van der Waals surface area (Å²) in [7, 11) is 0. The van der Waals surface area contributed by atoms with E-state index in [-0.39, 0.29) is 18.8 Å². The summed E-state index contributed by atoms with van der Waals surface area (Å²) in [6.45, 7) is 9.33. The van der Waals surface area contributed by atoms with Crippen LogP contribution in [-0.4, -0.2) is 35.2 Å². The smallest absolute Gasteiger partial charge is 0.191 e. The highest BCUT2D eigenvalue weighted by Gasteiger charge is 2.37. The lowest BCUT2D eigenvalue weighted by Gasteiger charge is -2.27. The van der Waals surface area contributed by atoms with Crippen LogP contribution in [0.5, 0.6) is 0 Å². The maximum Gasteiger partial charge on any atom is 0.191 e. The highest BCUT2D eigenvalue weighted by molar-refractivity contribution is 6.01. The molecule has 0 aromatic rings. The molecule has 0 rings (SSSR count). The maximum atomic E-state index is 11.7. The summed E-state index contributed by atoms with van der Waals surface area (Å²) < 4.78 is 5.30. The first-order valence-electron chi connectivity index (χ1n) is 4.98. The molecular weight excluding hydrogens is 210 g/mol. The standard InChI is InChI=1S/C11H19NO4/c1-8(2)9(14)11(5,12-15)7-16-10(3,4)6-13/h13H,1,6-7H2,2-5H3. The van der Waals surface area contributed by atoms with Crippen molar-refractivity contribution in [3.05, 3.63) is 17.1 Å². The van der Waals surface area contributed by atoms with Crippen LogP contribution >= 0.6 is 0 Å². The monoisotopic (exact) mass is 229 g/mol. The van der Waals surface area contributed by atoms with Crippen molar-refractivity contribution in [3.63, 3.8) is 0 Å². The molecule has 0 saturated heterocycles. The van der Waals surface area contributed by atoms with Gasteiger partial charge in [-0.3, -0.25) is 4.79 Å². The molecule has 0 aliphatic heterocycles. The van der Waals surface area contributed by atoms with E-state index in [1.165, 1.54) is 13.8 Å². The number of ether oxygens (including phenoxy) is 1. The molecule has 0 spiro atoms. The van der Waals surface area contributed by atoms with E-state index in [1.807, 2.05) is 0 Å². The van der Waals surface area contributed by atoms with Gasteiger partial charge in [-0.2, -0.15) is 0 Å². The summed E-state index contributed by atoms with van der Waals surface area (Å²) >= 11 is 0. The normalized spacial score (nSPS) is 15.3. The molecule has 0 bridgehead atoms. The van der Waals surface area contributed by atoms with E-state index in [0.717, 1.165) is 0 Å². The SMILES string of the molecule is C=C(C)C(=O)C(C)(COC(C)(C)CO)N=O. The van der Waals surface area contributed by atoms with Crippen LogP contribution in [0.1, 0.15) is 27.7 Å². The molecule has 0 amide bonds. The largest absolute Gasteiger partial charge is 0.393 e. The predicted molar refractivity (Wildman–Crippen MR) is 61.1 cm³/mol.